The van der Waals surface area contributed by atoms with E-state index in [1.54, 1.807) is 24.3 Å². The molecule has 2 aromatic heterocycles. The molecule has 0 saturated carbocycles. The topological polar surface area (TPSA) is 97.3 Å². The first kappa shape index (κ1) is 35.3. The number of hydrogen-bond acceptors (Lipinski definition) is 8. The molecule has 8 aromatic rings. The lowest BCUT2D eigenvalue weighted by Gasteiger charge is -2.12. The average molecular weight is 717 g/mol. The molecule has 8 nitrogen and oxygen atoms in total. The van der Waals surface area contributed by atoms with Gasteiger partial charge in [-0.1, -0.05) is 121 Å². The summed E-state index contributed by atoms with van der Waals surface area (Å²) in [7, 11) is 0. The van der Waals surface area contributed by atoms with Gasteiger partial charge in [0.25, 0.3) is 0 Å². The summed E-state index contributed by atoms with van der Waals surface area (Å²) < 4.78 is 34.7. The molecule has 54 heavy (non-hydrogen) atoms. The van der Waals surface area contributed by atoms with Crippen LogP contribution in [-0.4, -0.2) is 0 Å². The zero-order valence-electron chi connectivity index (χ0n) is 29.3. The normalized spacial score (nSPS) is 10.7. The van der Waals surface area contributed by atoms with E-state index in [9.17, 15) is 9.59 Å². The Bertz CT molecular complexity index is 2350. The Kier molecular flexibility index (Phi) is 11.4. The van der Waals surface area contributed by atoms with Crippen molar-refractivity contribution in [1.82, 2.24) is 0 Å². The van der Waals surface area contributed by atoms with Crippen molar-refractivity contribution < 1.29 is 27.8 Å². The third kappa shape index (κ3) is 9.23. The third-order valence-electron chi connectivity index (χ3n) is 8.37. The zero-order chi connectivity index (χ0) is 37.0. The van der Waals surface area contributed by atoms with Crippen LogP contribution in [0.3, 0.4) is 0 Å². The average Bonchev–Trinajstić information content (AvgIpc) is 3.22. The fourth-order valence-corrected chi connectivity index (χ4v) is 5.65. The molecular formula is C46H36O8. The first-order valence-electron chi connectivity index (χ1n) is 17.4. The Morgan fingerprint density at radius 2 is 0.685 bits per heavy atom. The maximum atomic E-state index is 12.3. The van der Waals surface area contributed by atoms with Crippen LogP contribution in [0.2, 0.25) is 0 Å². The standard InChI is InChI=1S/2C23H18O4/c2*24-20-11-12-25-21-13-19(26-15-17-7-3-1-4-8-17)14-22(23(20)21)27-16-18-9-5-2-6-10-18/h2*1-14H,15-16H2. The largest absolute Gasteiger partial charge is 0.489 e. The molecule has 0 amide bonds. The van der Waals surface area contributed by atoms with Crippen LogP contribution in [0.15, 0.2) is 189 Å². The van der Waals surface area contributed by atoms with Crippen LogP contribution in [0.4, 0.5) is 0 Å². The summed E-state index contributed by atoms with van der Waals surface area (Å²) in [6, 6.07) is 49.0. The molecule has 0 atom stereocenters. The molecule has 8 rings (SSSR count). The fourth-order valence-electron chi connectivity index (χ4n) is 5.65. The zero-order valence-corrected chi connectivity index (χ0v) is 29.3. The van der Waals surface area contributed by atoms with E-state index in [1.807, 2.05) is 121 Å². The van der Waals surface area contributed by atoms with Gasteiger partial charge >= 0.3 is 0 Å². The highest BCUT2D eigenvalue weighted by atomic mass is 16.5. The van der Waals surface area contributed by atoms with Gasteiger partial charge in [-0.2, -0.15) is 0 Å². The van der Waals surface area contributed by atoms with E-state index in [1.165, 1.54) is 24.7 Å². The number of ether oxygens (including phenoxy) is 4. The third-order valence-corrected chi connectivity index (χ3v) is 8.37. The molecular weight excluding hydrogens is 680 g/mol. The molecule has 0 spiro atoms. The number of benzene rings is 6. The number of fused-ring (bicyclic) bond motifs is 2. The highest BCUT2D eigenvalue weighted by Gasteiger charge is 2.14. The SMILES string of the molecule is O=c1ccoc2cc(OCc3ccccc3)cc(OCc3ccccc3)c12.O=c1ccoc2cc(OCc3ccccc3)cc(OCc3ccccc3)c12. The predicted octanol–water partition coefficient (Wildman–Crippen LogP) is 9.90. The molecule has 0 aliphatic carbocycles. The smallest absolute Gasteiger partial charge is 0.196 e. The van der Waals surface area contributed by atoms with Crippen molar-refractivity contribution in [3.63, 3.8) is 0 Å². The van der Waals surface area contributed by atoms with Crippen LogP contribution in [0.5, 0.6) is 23.0 Å². The summed E-state index contributed by atoms with van der Waals surface area (Å²) >= 11 is 0. The molecule has 0 bridgehead atoms. The van der Waals surface area contributed by atoms with E-state index < -0.39 is 0 Å². The minimum absolute atomic E-state index is 0.145. The summed E-state index contributed by atoms with van der Waals surface area (Å²) in [6.45, 7) is 1.54. The first-order chi connectivity index (χ1) is 26.6. The van der Waals surface area contributed by atoms with Crippen molar-refractivity contribution in [3.05, 3.63) is 213 Å². The summed E-state index contributed by atoms with van der Waals surface area (Å²) in [6.07, 6.45) is 2.76. The first-order valence-corrected chi connectivity index (χ1v) is 17.4. The molecule has 0 aliphatic heterocycles. The van der Waals surface area contributed by atoms with Gasteiger partial charge in [0.15, 0.2) is 10.9 Å². The van der Waals surface area contributed by atoms with Crippen LogP contribution in [-0.2, 0) is 26.4 Å². The molecule has 0 N–H and O–H groups in total. The van der Waals surface area contributed by atoms with E-state index in [-0.39, 0.29) is 10.9 Å². The van der Waals surface area contributed by atoms with Crippen LogP contribution >= 0.6 is 0 Å². The van der Waals surface area contributed by atoms with Crippen LogP contribution in [0, 0.1) is 0 Å². The van der Waals surface area contributed by atoms with Crippen molar-refractivity contribution in [2.24, 2.45) is 0 Å². The Morgan fingerprint density at radius 1 is 0.370 bits per heavy atom. The van der Waals surface area contributed by atoms with Crippen molar-refractivity contribution in [2.75, 3.05) is 0 Å². The molecule has 6 aromatic carbocycles. The summed E-state index contributed by atoms with van der Waals surface area (Å²) in [5.41, 5.74) is 4.73. The van der Waals surface area contributed by atoms with Gasteiger partial charge in [0, 0.05) is 36.4 Å². The molecule has 0 fully saturated rings. The van der Waals surface area contributed by atoms with E-state index in [0.29, 0.717) is 71.4 Å². The second-order valence-corrected chi connectivity index (χ2v) is 12.3. The molecule has 2 heterocycles. The van der Waals surface area contributed by atoms with Gasteiger partial charge in [0.05, 0.1) is 12.5 Å². The van der Waals surface area contributed by atoms with E-state index in [0.717, 1.165) is 22.3 Å². The molecule has 0 saturated heterocycles. The lowest BCUT2D eigenvalue weighted by Crippen LogP contribution is -2.04. The van der Waals surface area contributed by atoms with Crippen molar-refractivity contribution in [1.29, 1.82) is 0 Å². The maximum Gasteiger partial charge on any atom is 0.196 e. The second kappa shape index (κ2) is 17.4. The van der Waals surface area contributed by atoms with Gasteiger partial charge < -0.3 is 27.8 Å². The second-order valence-electron chi connectivity index (χ2n) is 12.3. The van der Waals surface area contributed by atoms with Gasteiger partial charge in [-0.25, -0.2) is 0 Å². The monoisotopic (exact) mass is 716 g/mol. The minimum atomic E-state index is -0.145. The minimum Gasteiger partial charge on any atom is -0.489 e. The van der Waals surface area contributed by atoms with Gasteiger partial charge in [0.2, 0.25) is 0 Å². The van der Waals surface area contributed by atoms with Gasteiger partial charge in [-0.3, -0.25) is 9.59 Å². The van der Waals surface area contributed by atoms with E-state index in [2.05, 4.69) is 0 Å². The number of hydrogen-bond donors (Lipinski definition) is 0. The quantitative estimate of drug-likeness (QED) is 0.123. The molecule has 0 radical (unpaired) electrons. The molecule has 0 aliphatic rings. The summed E-state index contributed by atoms with van der Waals surface area (Å²) in [5, 5.41) is 0.834. The van der Waals surface area contributed by atoms with Crippen molar-refractivity contribution in [3.8, 4) is 23.0 Å². The van der Waals surface area contributed by atoms with Crippen molar-refractivity contribution >= 4 is 21.9 Å². The molecule has 268 valence electrons. The Balaban J connectivity index is 0.000000167. The Hall–Kier alpha value is -7.06. The van der Waals surface area contributed by atoms with Crippen LogP contribution in [0.1, 0.15) is 22.3 Å². The van der Waals surface area contributed by atoms with Gasteiger partial charge in [0.1, 0.15) is 71.4 Å². The van der Waals surface area contributed by atoms with Crippen molar-refractivity contribution in [2.45, 2.75) is 26.4 Å². The number of rotatable bonds is 12. The highest BCUT2D eigenvalue weighted by Crippen LogP contribution is 2.32. The predicted molar refractivity (Wildman–Crippen MR) is 208 cm³/mol. The van der Waals surface area contributed by atoms with Crippen LogP contribution < -0.4 is 29.8 Å². The maximum absolute atomic E-state index is 12.3. The summed E-state index contributed by atoms with van der Waals surface area (Å²) in [5.74, 6) is 2.08. The Morgan fingerprint density at radius 3 is 1.02 bits per heavy atom. The van der Waals surface area contributed by atoms with Gasteiger partial charge in [-0.15, -0.1) is 0 Å². The van der Waals surface area contributed by atoms with E-state index in [4.69, 9.17) is 27.8 Å². The summed E-state index contributed by atoms with van der Waals surface area (Å²) in [4.78, 5) is 24.6. The Labute approximate surface area is 311 Å². The lowest BCUT2D eigenvalue weighted by atomic mass is 10.2. The molecule has 8 heteroatoms. The highest BCUT2D eigenvalue weighted by molar-refractivity contribution is 5.85. The molecule has 0 unspecified atom stereocenters. The fraction of sp³-hybridized carbons (Fsp3) is 0.0870. The van der Waals surface area contributed by atoms with Gasteiger partial charge in [-0.05, 0) is 22.3 Å². The van der Waals surface area contributed by atoms with E-state index >= 15 is 0 Å². The lowest BCUT2D eigenvalue weighted by molar-refractivity contribution is 0.291. The van der Waals surface area contributed by atoms with Crippen LogP contribution in [0.25, 0.3) is 21.9 Å².